The Bertz CT molecular complexity index is 379. The molecule has 1 aromatic carbocycles. The lowest BCUT2D eigenvalue weighted by Gasteiger charge is -1.98. The van der Waals surface area contributed by atoms with Crippen LogP contribution >= 0.6 is 0 Å². The van der Waals surface area contributed by atoms with Gasteiger partial charge in [-0.05, 0) is 13.0 Å². The quantitative estimate of drug-likeness (QED) is 0.654. The van der Waals surface area contributed by atoms with Crippen LogP contribution < -0.4 is 0 Å². The van der Waals surface area contributed by atoms with Crippen LogP contribution in [-0.4, -0.2) is 9.97 Å². The monoisotopic (exact) mass is 169 g/mol. The van der Waals surface area contributed by atoms with Gasteiger partial charge >= 0.3 is 0 Å². The number of hydrogen-bond acceptors (Lipinski definition) is 2. The van der Waals surface area contributed by atoms with E-state index in [9.17, 15) is 0 Å². The van der Waals surface area contributed by atoms with Crippen molar-refractivity contribution in [2.75, 3.05) is 0 Å². The normalized spacial score (nSPS) is 9.92. The van der Waals surface area contributed by atoms with Crippen molar-refractivity contribution in [3.8, 4) is 11.3 Å². The lowest BCUT2D eigenvalue weighted by atomic mass is 10.1. The number of aromatic nitrogens is 2. The first-order valence-electron chi connectivity index (χ1n) is 4.11. The molecule has 2 nitrogen and oxygen atoms in total. The molecule has 0 saturated carbocycles. The van der Waals surface area contributed by atoms with Gasteiger partial charge in [-0.1, -0.05) is 23.8 Å². The largest absolute Gasteiger partial charge is 0.261 e. The lowest BCUT2D eigenvalue weighted by Crippen LogP contribution is -1.84. The number of aryl methyl sites for hydroxylation is 1. The smallest absolute Gasteiger partial charge is 0.0891 e. The summed E-state index contributed by atoms with van der Waals surface area (Å²) in [6.45, 7) is 2.04. The maximum atomic E-state index is 4.18. The Morgan fingerprint density at radius 1 is 1.23 bits per heavy atom. The van der Waals surface area contributed by atoms with Crippen LogP contribution in [0.2, 0.25) is 0 Å². The Labute approximate surface area is 77.3 Å². The molecular formula is C11H9N2. The van der Waals surface area contributed by atoms with E-state index < -0.39 is 0 Å². The molecule has 0 amide bonds. The Morgan fingerprint density at radius 2 is 2.15 bits per heavy atom. The molecule has 13 heavy (non-hydrogen) atoms. The van der Waals surface area contributed by atoms with Gasteiger partial charge in [0, 0.05) is 18.0 Å². The minimum absolute atomic E-state index is 0.863. The van der Waals surface area contributed by atoms with Crippen molar-refractivity contribution in [2.45, 2.75) is 6.92 Å². The highest BCUT2D eigenvalue weighted by atomic mass is 14.8. The molecule has 0 aliphatic carbocycles. The van der Waals surface area contributed by atoms with E-state index in [1.54, 1.807) is 18.6 Å². The number of rotatable bonds is 1. The van der Waals surface area contributed by atoms with Crippen molar-refractivity contribution in [1.82, 2.24) is 9.97 Å². The first kappa shape index (κ1) is 7.92. The zero-order valence-electron chi connectivity index (χ0n) is 7.36. The fourth-order valence-electron chi connectivity index (χ4n) is 1.10. The topological polar surface area (TPSA) is 25.8 Å². The van der Waals surface area contributed by atoms with E-state index in [0.29, 0.717) is 0 Å². The van der Waals surface area contributed by atoms with Crippen LogP contribution in [-0.2, 0) is 0 Å². The second-order valence-electron chi connectivity index (χ2n) is 2.87. The molecule has 0 N–H and O–H groups in total. The molecule has 0 aliphatic heterocycles. The van der Waals surface area contributed by atoms with Crippen molar-refractivity contribution in [3.63, 3.8) is 0 Å². The van der Waals surface area contributed by atoms with Crippen LogP contribution in [0.25, 0.3) is 11.3 Å². The summed E-state index contributed by atoms with van der Waals surface area (Å²) in [5.41, 5.74) is 3.05. The van der Waals surface area contributed by atoms with E-state index in [4.69, 9.17) is 0 Å². The van der Waals surface area contributed by atoms with Gasteiger partial charge in [0.1, 0.15) is 0 Å². The zero-order valence-corrected chi connectivity index (χ0v) is 7.36. The predicted molar refractivity (Wildman–Crippen MR) is 51.0 cm³/mol. The molecule has 2 heteroatoms. The number of hydrogen-bond donors (Lipinski definition) is 0. The highest BCUT2D eigenvalue weighted by Crippen LogP contribution is 2.14. The summed E-state index contributed by atoms with van der Waals surface area (Å²) in [6.07, 6.45) is 5.09. The third-order valence-electron chi connectivity index (χ3n) is 1.81. The minimum atomic E-state index is 0.863. The van der Waals surface area contributed by atoms with Crippen LogP contribution in [0.3, 0.4) is 0 Å². The second-order valence-corrected chi connectivity index (χ2v) is 2.87. The molecule has 0 fully saturated rings. The van der Waals surface area contributed by atoms with Gasteiger partial charge in [0.05, 0.1) is 11.9 Å². The van der Waals surface area contributed by atoms with Crippen LogP contribution in [0.15, 0.2) is 36.8 Å². The molecule has 1 radical (unpaired) electrons. The van der Waals surface area contributed by atoms with Gasteiger partial charge in [0.2, 0.25) is 0 Å². The van der Waals surface area contributed by atoms with E-state index in [1.165, 1.54) is 5.56 Å². The average Bonchev–Trinajstić information content (AvgIpc) is 2.20. The molecule has 0 bridgehead atoms. The fourth-order valence-corrected chi connectivity index (χ4v) is 1.10. The van der Waals surface area contributed by atoms with Crippen molar-refractivity contribution in [2.24, 2.45) is 0 Å². The number of benzene rings is 1. The molecule has 0 atom stereocenters. The summed E-state index contributed by atoms with van der Waals surface area (Å²) in [6, 6.07) is 9.14. The molecule has 0 spiro atoms. The fraction of sp³-hybridized carbons (Fsp3) is 0.0909. The Kier molecular flexibility index (Phi) is 2.04. The van der Waals surface area contributed by atoms with Gasteiger partial charge in [0.25, 0.3) is 0 Å². The molecule has 0 aliphatic rings. The van der Waals surface area contributed by atoms with Gasteiger partial charge in [-0.3, -0.25) is 9.97 Å². The predicted octanol–water partition coefficient (Wildman–Crippen LogP) is 2.25. The summed E-state index contributed by atoms with van der Waals surface area (Å²) < 4.78 is 0. The maximum Gasteiger partial charge on any atom is 0.0891 e. The van der Waals surface area contributed by atoms with E-state index in [1.807, 2.05) is 25.1 Å². The van der Waals surface area contributed by atoms with E-state index in [-0.39, 0.29) is 0 Å². The molecular weight excluding hydrogens is 160 g/mol. The van der Waals surface area contributed by atoms with Crippen LogP contribution in [0, 0.1) is 13.0 Å². The van der Waals surface area contributed by atoms with Crippen molar-refractivity contribution < 1.29 is 0 Å². The Hall–Kier alpha value is -1.70. The molecule has 1 heterocycles. The van der Waals surface area contributed by atoms with Crippen molar-refractivity contribution in [3.05, 3.63) is 48.4 Å². The standard InChI is InChI=1S/C11H9N2/c1-9-2-4-10(5-3-9)11-8-12-6-7-13-11/h2-4,6-8H,1H3. The van der Waals surface area contributed by atoms with Gasteiger partial charge in [-0.2, -0.15) is 0 Å². The molecule has 0 saturated heterocycles. The molecule has 2 rings (SSSR count). The first-order chi connectivity index (χ1) is 6.36. The Balaban J connectivity index is 2.42. The van der Waals surface area contributed by atoms with Gasteiger partial charge in [-0.15, -0.1) is 0 Å². The summed E-state index contributed by atoms with van der Waals surface area (Å²) in [5, 5.41) is 0. The van der Waals surface area contributed by atoms with Gasteiger partial charge in [0.15, 0.2) is 0 Å². The zero-order chi connectivity index (χ0) is 9.10. The molecule has 0 unspecified atom stereocenters. The van der Waals surface area contributed by atoms with Gasteiger partial charge < -0.3 is 0 Å². The van der Waals surface area contributed by atoms with E-state index in [2.05, 4.69) is 16.0 Å². The maximum absolute atomic E-state index is 4.18. The van der Waals surface area contributed by atoms with Crippen LogP contribution in [0.1, 0.15) is 5.56 Å². The van der Waals surface area contributed by atoms with Crippen molar-refractivity contribution in [1.29, 1.82) is 0 Å². The summed E-state index contributed by atoms with van der Waals surface area (Å²) in [5.74, 6) is 0. The Morgan fingerprint density at radius 3 is 2.77 bits per heavy atom. The lowest BCUT2D eigenvalue weighted by molar-refractivity contribution is 1.20. The van der Waals surface area contributed by atoms with Crippen molar-refractivity contribution >= 4 is 0 Å². The van der Waals surface area contributed by atoms with Crippen LogP contribution in [0.5, 0.6) is 0 Å². The van der Waals surface area contributed by atoms with Crippen LogP contribution in [0.4, 0.5) is 0 Å². The summed E-state index contributed by atoms with van der Waals surface area (Å²) in [4.78, 5) is 8.19. The first-order valence-corrected chi connectivity index (χ1v) is 4.11. The molecule has 1 aromatic heterocycles. The summed E-state index contributed by atoms with van der Waals surface area (Å²) in [7, 11) is 0. The molecule has 2 aromatic rings. The minimum Gasteiger partial charge on any atom is -0.261 e. The SMILES string of the molecule is Cc1c[c]c(-c2cnccn2)cc1. The van der Waals surface area contributed by atoms with E-state index in [0.717, 1.165) is 11.3 Å². The summed E-state index contributed by atoms with van der Waals surface area (Å²) >= 11 is 0. The third kappa shape index (κ3) is 1.72. The van der Waals surface area contributed by atoms with E-state index >= 15 is 0 Å². The molecule has 63 valence electrons. The third-order valence-corrected chi connectivity index (χ3v) is 1.81. The average molecular weight is 169 g/mol. The second kappa shape index (κ2) is 3.35. The highest BCUT2D eigenvalue weighted by molar-refractivity contribution is 5.57. The number of nitrogens with zero attached hydrogens (tertiary/aromatic N) is 2. The highest BCUT2D eigenvalue weighted by Gasteiger charge is 1.96. The van der Waals surface area contributed by atoms with Gasteiger partial charge in [-0.25, -0.2) is 0 Å².